The molecule has 1 fully saturated rings. The van der Waals surface area contributed by atoms with Gasteiger partial charge in [0.25, 0.3) is 0 Å². The van der Waals surface area contributed by atoms with E-state index in [-0.39, 0.29) is 0 Å². The molecule has 0 spiro atoms. The zero-order chi connectivity index (χ0) is 8.48. The average molecular weight is 156 g/mol. The van der Waals surface area contributed by atoms with Gasteiger partial charge < -0.3 is 10.2 Å². The topological polar surface area (TPSA) is 15.3 Å². The van der Waals surface area contributed by atoms with Crippen LogP contribution in [-0.2, 0) is 0 Å². The van der Waals surface area contributed by atoms with E-state index < -0.39 is 0 Å². The Bertz CT molecular complexity index is 132. The lowest BCUT2D eigenvalue weighted by atomic mass is 9.78. The molecule has 1 aliphatic heterocycles. The van der Waals surface area contributed by atoms with Crippen LogP contribution in [0.1, 0.15) is 20.3 Å². The number of piperidine rings is 1. The lowest BCUT2D eigenvalue weighted by Gasteiger charge is -2.42. The first-order chi connectivity index (χ1) is 5.06. The molecule has 0 aromatic rings. The summed E-state index contributed by atoms with van der Waals surface area (Å²) in [5.74, 6) is 0. The van der Waals surface area contributed by atoms with E-state index in [9.17, 15) is 0 Å². The molecule has 0 radical (unpaired) electrons. The normalized spacial score (nSPS) is 32.2. The molecule has 0 bridgehead atoms. The Labute approximate surface area is 70.0 Å². The molecule has 66 valence electrons. The number of likely N-dealkylation sites (N-methyl/N-ethyl adjacent to an activating group) is 2. The highest BCUT2D eigenvalue weighted by Crippen LogP contribution is 2.29. The molecular formula is C9H20N2. The van der Waals surface area contributed by atoms with Crippen molar-refractivity contribution in [1.82, 2.24) is 10.2 Å². The van der Waals surface area contributed by atoms with Crippen LogP contribution in [0.15, 0.2) is 0 Å². The molecule has 2 nitrogen and oxygen atoms in total. The molecule has 0 aromatic carbocycles. The summed E-state index contributed by atoms with van der Waals surface area (Å²) in [6.45, 7) is 7.12. The largest absolute Gasteiger partial charge is 0.315 e. The van der Waals surface area contributed by atoms with Crippen LogP contribution in [0.4, 0.5) is 0 Å². The number of hydrogen-bond acceptors (Lipinski definition) is 2. The van der Waals surface area contributed by atoms with Crippen molar-refractivity contribution < 1.29 is 0 Å². The molecule has 2 heteroatoms. The van der Waals surface area contributed by atoms with E-state index in [1.54, 1.807) is 0 Å². The average Bonchev–Trinajstić information content (AvgIpc) is 1.94. The summed E-state index contributed by atoms with van der Waals surface area (Å²) < 4.78 is 0. The fourth-order valence-corrected chi connectivity index (χ4v) is 1.79. The van der Waals surface area contributed by atoms with Gasteiger partial charge in [-0.2, -0.15) is 0 Å². The second-order valence-corrected chi connectivity index (χ2v) is 4.34. The van der Waals surface area contributed by atoms with Crippen LogP contribution in [0, 0.1) is 5.41 Å². The van der Waals surface area contributed by atoms with Crippen LogP contribution < -0.4 is 5.32 Å². The molecule has 11 heavy (non-hydrogen) atoms. The number of nitrogens with one attached hydrogen (secondary N) is 1. The Hall–Kier alpha value is -0.0800. The third-order valence-corrected chi connectivity index (χ3v) is 2.92. The van der Waals surface area contributed by atoms with Gasteiger partial charge in [-0.1, -0.05) is 13.8 Å². The number of hydrogen-bond donors (Lipinski definition) is 1. The Kier molecular flexibility index (Phi) is 2.55. The van der Waals surface area contributed by atoms with Crippen molar-refractivity contribution in [2.45, 2.75) is 26.3 Å². The van der Waals surface area contributed by atoms with Crippen molar-refractivity contribution in [1.29, 1.82) is 0 Å². The van der Waals surface area contributed by atoms with Crippen LogP contribution >= 0.6 is 0 Å². The molecule has 0 aliphatic carbocycles. The van der Waals surface area contributed by atoms with E-state index in [4.69, 9.17) is 0 Å². The summed E-state index contributed by atoms with van der Waals surface area (Å²) in [5.41, 5.74) is 0.473. The molecule has 1 saturated heterocycles. The van der Waals surface area contributed by atoms with E-state index in [0.29, 0.717) is 11.5 Å². The fourth-order valence-electron chi connectivity index (χ4n) is 1.79. The van der Waals surface area contributed by atoms with Gasteiger partial charge in [0.05, 0.1) is 0 Å². The van der Waals surface area contributed by atoms with Gasteiger partial charge >= 0.3 is 0 Å². The highest BCUT2D eigenvalue weighted by molar-refractivity contribution is 4.89. The molecule has 0 aromatic heterocycles. The van der Waals surface area contributed by atoms with Crippen molar-refractivity contribution >= 4 is 0 Å². The first kappa shape index (κ1) is 9.01. The standard InChI is InChI=1S/C9H20N2/c1-9(2)5-6-11(4)7-8(9)10-3/h8,10H,5-7H2,1-4H3. The van der Waals surface area contributed by atoms with Gasteiger partial charge in [-0.3, -0.25) is 0 Å². The number of nitrogens with zero attached hydrogens (tertiary/aromatic N) is 1. The van der Waals surface area contributed by atoms with Gasteiger partial charge in [-0.05, 0) is 32.5 Å². The molecule has 1 aliphatic rings. The van der Waals surface area contributed by atoms with Crippen molar-refractivity contribution in [2.24, 2.45) is 5.41 Å². The summed E-state index contributed by atoms with van der Waals surface area (Å²) >= 11 is 0. The SMILES string of the molecule is CNC1CN(C)CCC1(C)C. The van der Waals surface area contributed by atoms with E-state index in [2.05, 4.69) is 38.2 Å². The molecular weight excluding hydrogens is 136 g/mol. The first-order valence-corrected chi connectivity index (χ1v) is 4.42. The maximum atomic E-state index is 3.38. The monoisotopic (exact) mass is 156 g/mol. The van der Waals surface area contributed by atoms with Crippen molar-refractivity contribution in [3.8, 4) is 0 Å². The van der Waals surface area contributed by atoms with E-state index in [0.717, 1.165) is 0 Å². The van der Waals surface area contributed by atoms with Gasteiger partial charge in [0.2, 0.25) is 0 Å². The molecule has 1 atom stereocenters. The predicted octanol–water partition coefficient (Wildman–Crippen LogP) is 0.936. The summed E-state index contributed by atoms with van der Waals surface area (Å²) in [5, 5.41) is 3.38. The smallest absolute Gasteiger partial charge is 0.0243 e. The van der Waals surface area contributed by atoms with Gasteiger partial charge in [0, 0.05) is 12.6 Å². The van der Waals surface area contributed by atoms with Crippen LogP contribution in [0.5, 0.6) is 0 Å². The van der Waals surface area contributed by atoms with Crippen LogP contribution in [0.2, 0.25) is 0 Å². The zero-order valence-electron chi connectivity index (χ0n) is 8.15. The van der Waals surface area contributed by atoms with E-state index >= 15 is 0 Å². The maximum Gasteiger partial charge on any atom is 0.0243 e. The zero-order valence-corrected chi connectivity index (χ0v) is 8.15. The molecule has 1 rings (SSSR count). The first-order valence-electron chi connectivity index (χ1n) is 4.42. The third-order valence-electron chi connectivity index (χ3n) is 2.92. The second-order valence-electron chi connectivity index (χ2n) is 4.34. The summed E-state index contributed by atoms with van der Waals surface area (Å²) in [7, 11) is 4.26. The van der Waals surface area contributed by atoms with Crippen molar-refractivity contribution in [2.75, 3.05) is 27.2 Å². The van der Waals surface area contributed by atoms with Gasteiger partial charge in [0.1, 0.15) is 0 Å². The molecule has 1 heterocycles. The molecule has 0 amide bonds. The van der Waals surface area contributed by atoms with Gasteiger partial charge in [-0.15, -0.1) is 0 Å². The van der Waals surface area contributed by atoms with E-state index in [1.807, 2.05) is 0 Å². The predicted molar refractivity (Wildman–Crippen MR) is 48.7 cm³/mol. The molecule has 1 N–H and O–H groups in total. The Morgan fingerprint density at radius 3 is 2.55 bits per heavy atom. The molecule has 0 saturated carbocycles. The van der Waals surface area contributed by atoms with Crippen LogP contribution in [0.25, 0.3) is 0 Å². The Morgan fingerprint density at radius 2 is 2.09 bits per heavy atom. The summed E-state index contributed by atoms with van der Waals surface area (Å²) in [6.07, 6.45) is 1.30. The van der Waals surface area contributed by atoms with Crippen LogP contribution in [-0.4, -0.2) is 38.1 Å². The van der Waals surface area contributed by atoms with Gasteiger partial charge in [0.15, 0.2) is 0 Å². The highest BCUT2D eigenvalue weighted by atomic mass is 15.1. The number of rotatable bonds is 1. The maximum absolute atomic E-state index is 3.38. The minimum atomic E-state index is 0.473. The van der Waals surface area contributed by atoms with Crippen LogP contribution in [0.3, 0.4) is 0 Å². The minimum absolute atomic E-state index is 0.473. The Morgan fingerprint density at radius 1 is 1.45 bits per heavy atom. The lowest BCUT2D eigenvalue weighted by molar-refractivity contribution is 0.108. The second kappa shape index (κ2) is 3.11. The minimum Gasteiger partial charge on any atom is -0.315 e. The Balaban J connectivity index is 2.56. The highest BCUT2D eigenvalue weighted by Gasteiger charge is 2.32. The van der Waals surface area contributed by atoms with Crippen molar-refractivity contribution in [3.05, 3.63) is 0 Å². The summed E-state index contributed by atoms with van der Waals surface area (Å²) in [4.78, 5) is 2.40. The fraction of sp³-hybridized carbons (Fsp3) is 1.00. The number of likely N-dealkylation sites (tertiary alicyclic amines) is 1. The van der Waals surface area contributed by atoms with Gasteiger partial charge in [-0.25, -0.2) is 0 Å². The van der Waals surface area contributed by atoms with Crippen molar-refractivity contribution in [3.63, 3.8) is 0 Å². The quantitative estimate of drug-likeness (QED) is 0.608. The summed E-state index contributed by atoms with van der Waals surface area (Å²) in [6, 6.07) is 0.654. The molecule has 1 unspecified atom stereocenters. The van der Waals surface area contributed by atoms with E-state index in [1.165, 1.54) is 19.5 Å². The lowest BCUT2D eigenvalue weighted by Crippen LogP contribution is -2.52. The third kappa shape index (κ3) is 1.94.